The predicted molar refractivity (Wildman–Crippen MR) is 117 cm³/mol. The first kappa shape index (κ1) is 20.1. The van der Waals surface area contributed by atoms with Gasteiger partial charge in [0.15, 0.2) is 5.58 Å². The number of hydrogen-bond acceptors (Lipinski definition) is 6. The summed E-state index contributed by atoms with van der Waals surface area (Å²) in [7, 11) is 0. The zero-order valence-corrected chi connectivity index (χ0v) is 18.6. The Kier molecular flexibility index (Phi) is 5.50. The van der Waals surface area contributed by atoms with Crippen LogP contribution in [-0.2, 0) is 0 Å². The Labute approximate surface area is 185 Å². The molecule has 1 aliphatic rings. The summed E-state index contributed by atoms with van der Waals surface area (Å²) in [5, 5.41) is 11.3. The van der Waals surface area contributed by atoms with Crippen LogP contribution in [0.3, 0.4) is 0 Å². The summed E-state index contributed by atoms with van der Waals surface area (Å²) in [5.41, 5.74) is 0.175. The molecular formula is C19H12Br2N2O5S. The Morgan fingerprint density at radius 3 is 2.79 bits per heavy atom. The minimum Gasteiger partial charge on any atom is -0.421 e. The summed E-state index contributed by atoms with van der Waals surface area (Å²) in [5.74, 6) is 0.202. The highest BCUT2D eigenvalue weighted by molar-refractivity contribution is 9.11. The Balaban J connectivity index is 1.74. The third kappa shape index (κ3) is 3.84. The number of halogens is 2. The average Bonchev–Trinajstić information content (AvgIpc) is 3.17. The number of nitro benzene ring substituents is 1. The van der Waals surface area contributed by atoms with Crippen LogP contribution < -0.4 is 5.63 Å². The van der Waals surface area contributed by atoms with E-state index in [2.05, 4.69) is 31.9 Å². The molecule has 0 radical (unpaired) electrons. The van der Waals surface area contributed by atoms with E-state index in [4.69, 9.17) is 4.42 Å². The topological polar surface area (TPSA) is 93.7 Å². The zero-order valence-electron chi connectivity index (χ0n) is 14.6. The maximum atomic E-state index is 13.2. The number of fused-ring (bicyclic) bond motifs is 1. The van der Waals surface area contributed by atoms with Crippen molar-refractivity contribution in [1.29, 1.82) is 0 Å². The molecule has 29 heavy (non-hydrogen) atoms. The van der Waals surface area contributed by atoms with Crippen LogP contribution in [0.2, 0.25) is 0 Å². The Bertz CT molecular complexity index is 1210. The molecule has 1 fully saturated rings. The van der Waals surface area contributed by atoms with Crippen LogP contribution in [0, 0.1) is 10.1 Å². The minimum atomic E-state index is -0.722. The number of carbonyl (C=O) groups is 1. The third-order valence-electron chi connectivity index (χ3n) is 4.50. The van der Waals surface area contributed by atoms with Gasteiger partial charge in [-0.05, 0) is 39.7 Å². The van der Waals surface area contributed by atoms with E-state index < -0.39 is 21.8 Å². The summed E-state index contributed by atoms with van der Waals surface area (Å²) in [6.07, 6.45) is 0. The smallest absolute Gasteiger partial charge is 0.349 e. The molecular weight excluding hydrogens is 528 g/mol. The molecule has 0 saturated carbocycles. The Morgan fingerprint density at radius 2 is 2.03 bits per heavy atom. The van der Waals surface area contributed by atoms with E-state index in [-0.39, 0.29) is 11.3 Å². The molecule has 0 spiro atoms. The van der Waals surface area contributed by atoms with E-state index in [1.165, 1.54) is 30.0 Å². The summed E-state index contributed by atoms with van der Waals surface area (Å²) < 4.78 is 6.76. The standard InChI is InChI=1S/C19H12Br2N2O5S/c20-12-6-11-8-14(19(25)28-16(11)15(21)9-12)17(24)22-4-5-29-18(22)10-2-1-3-13(7-10)23(26)27/h1-3,6-9,18H,4-5H2. The van der Waals surface area contributed by atoms with Crippen LogP contribution >= 0.6 is 43.6 Å². The number of thioether (sulfide) groups is 1. The first-order valence-electron chi connectivity index (χ1n) is 8.45. The van der Waals surface area contributed by atoms with Crippen LogP contribution in [-0.4, -0.2) is 28.0 Å². The molecule has 10 heteroatoms. The monoisotopic (exact) mass is 538 g/mol. The van der Waals surface area contributed by atoms with E-state index in [0.717, 1.165) is 4.47 Å². The fourth-order valence-electron chi connectivity index (χ4n) is 3.21. The van der Waals surface area contributed by atoms with Crippen molar-refractivity contribution in [1.82, 2.24) is 4.90 Å². The molecule has 2 heterocycles. The molecule has 2 aromatic carbocycles. The number of nitro groups is 1. The van der Waals surface area contributed by atoms with Gasteiger partial charge >= 0.3 is 5.63 Å². The van der Waals surface area contributed by atoms with Crippen molar-refractivity contribution in [3.63, 3.8) is 0 Å². The fraction of sp³-hybridized carbons (Fsp3) is 0.158. The summed E-state index contributed by atoms with van der Waals surface area (Å²) in [4.78, 5) is 37.9. The van der Waals surface area contributed by atoms with Gasteiger partial charge in [-0.1, -0.05) is 28.1 Å². The molecule has 7 nitrogen and oxygen atoms in total. The maximum absolute atomic E-state index is 13.2. The van der Waals surface area contributed by atoms with Gasteiger partial charge in [-0.25, -0.2) is 4.79 Å². The molecule has 1 saturated heterocycles. The number of nitrogens with zero attached hydrogens (tertiary/aromatic N) is 2. The van der Waals surface area contributed by atoms with Gasteiger partial charge in [0, 0.05) is 34.3 Å². The van der Waals surface area contributed by atoms with Crippen LogP contribution in [0.4, 0.5) is 5.69 Å². The van der Waals surface area contributed by atoms with Gasteiger partial charge in [-0.15, -0.1) is 11.8 Å². The second kappa shape index (κ2) is 7.92. The number of hydrogen-bond donors (Lipinski definition) is 0. The highest BCUT2D eigenvalue weighted by atomic mass is 79.9. The molecule has 1 amide bonds. The molecule has 0 aliphatic carbocycles. The molecule has 4 rings (SSSR count). The van der Waals surface area contributed by atoms with Crippen LogP contribution in [0.5, 0.6) is 0 Å². The van der Waals surface area contributed by atoms with Gasteiger partial charge < -0.3 is 9.32 Å². The Hall–Kier alpha value is -2.17. The SMILES string of the molecule is O=C(c1cc2cc(Br)cc(Br)c2oc1=O)N1CCSC1c1cccc([N+](=O)[O-])c1. The zero-order chi connectivity index (χ0) is 20.7. The largest absolute Gasteiger partial charge is 0.421 e. The lowest BCUT2D eigenvalue weighted by Crippen LogP contribution is -2.33. The van der Waals surface area contributed by atoms with E-state index >= 15 is 0 Å². The highest BCUT2D eigenvalue weighted by Crippen LogP contribution is 2.39. The molecule has 148 valence electrons. The van der Waals surface area contributed by atoms with Gasteiger partial charge in [0.1, 0.15) is 10.9 Å². The van der Waals surface area contributed by atoms with Crippen molar-refractivity contribution >= 4 is 66.2 Å². The van der Waals surface area contributed by atoms with Gasteiger partial charge in [0.05, 0.1) is 9.40 Å². The lowest BCUT2D eigenvalue weighted by molar-refractivity contribution is -0.384. The summed E-state index contributed by atoms with van der Waals surface area (Å²) in [6.45, 7) is 0.427. The van der Waals surface area contributed by atoms with Crippen molar-refractivity contribution in [2.24, 2.45) is 0 Å². The maximum Gasteiger partial charge on any atom is 0.349 e. The predicted octanol–water partition coefficient (Wildman–Crippen LogP) is 5.11. The minimum absolute atomic E-state index is 0.0395. The van der Waals surface area contributed by atoms with E-state index in [1.54, 1.807) is 29.2 Å². The van der Waals surface area contributed by atoms with Gasteiger partial charge in [0.2, 0.25) is 0 Å². The van der Waals surface area contributed by atoms with Crippen LogP contribution in [0.15, 0.2) is 60.6 Å². The lowest BCUT2D eigenvalue weighted by Gasteiger charge is -2.23. The number of non-ortho nitro benzene ring substituents is 1. The third-order valence-corrected chi connectivity index (χ3v) is 6.81. The van der Waals surface area contributed by atoms with E-state index in [1.807, 2.05) is 0 Å². The van der Waals surface area contributed by atoms with Gasteiger partial charge in [-0.3, -0.25) is 14.9 Å². The number of amides is 1. The fourth-order valence-corrected chi connectivity index (χ4v) is 5.79. The number of carbonyl (C=O) groups excluding carboxylic acids is 1. The summed E-state index contributed by atoms with van der Waals surface area (Å²) in [6, 6.07) is 11.2. The van der Waals surface area contributed by atoms with Gasteiger partial charge in [0.25, 0.3) is 11.6 Å². The normalized spacial score (nSPS) is 16.3. The molecule has 3 aromatic rings. The van der Waals surface area contributed by atoms with Crippen LogP contribution in [0.25, 0.3) is 11.0 Å². The van der Waals surface area contributed by atoms with Gasteiger partial charge in [-0.2, -0.15) is 0 Å². The molecule has 1 aromatic heterocycles. The highest BCUT2D eigenvalue weighted by Gasteiger charge is 2.33. The molecule has 1 atom stereocenters. The van der Waals surface area contributed by atoms with Crippen molar-refractivity contribution in [2.75, 3.05) is 12.3 Å². The summed E-state index contributed by atoms with van der Waals surface area (Å²) >= 11 is 8.23. The van der Waals surface area contributed by atoms with Crippen molar-refractivity contribution in [3.05, 3.63) is 83.1 Å². The van der Waals surface area contributed by atoms with Crippen molar-refractivity contribution < 1.29 is 14.1 Å². The molecule has 1 unspecified atom stereocenters. The average molecular weight is 540 g/mol. The second-order valence-corrected chi connectivity index (χ2v) is 9.29. The van der Waals surface area contributed by atoms with Crippen molar-refractivity contribution in [2.45, 2.75) is 5.37 Å². The number of benzene rings is 2. The number of rotatable bonds is 3. The van der Waals surface area contributed by atoms with E-state index in [9.17, 15) is 19.7 Å². The quantitative estimate of drug-likeness (QED) is 0.261. The lowest BCUT2D eigenvalue weighted by atomic mass is 10.1. The Morgan fingerprint density at radius 1 is 1.24 bits per heavy atom. The molecule has 0 N–H and O–H groups in total. The van der Waals surface area contributed by atoms with E-state index in [0.29, 0.717) is 33.3 Å². The molecule has 1 aliphatic heterocycles. The first-order chi connectivity index (χ1) is 13.8. The molecule has 0 bridgehead atoms. The second-order valence-electron chi connectivity index (χ2n) is 6.33. The van der Waals surface area contributed by atoms with Crippen LogP contribution in [0.1, 0.15) is 21.3 Å². The first-order valence-corrected chi connectivity index (χ1v) is 11.1. The van der Waals surface area contributed by atoms with Crippen molar-refractivity contribution in [3.8, 4) is 0 Å².